The fraction of sp³-hybridized carbons (Fsp3) is 0.407. The first-order valence-electron chi connectivity index (χ1n) is 12.0. The van der Waals surface area contributed by atoms with Gasteiger partial charge >= 0.3 is 5.97 Å². The third-order valence-electron chi connectivity index (χ3n) is 5.25. The maximum atomic E-state index is 12.3. The van der Waals surface area contributed by atoms with Gasteiger partial charge in [-0.05, 0) is 46.8 Å². The number of fused-ring (bicyclic) bond motifs is 1. The number of ether oxygens (including phenoxy) is 1. The zero-order valence-corrected chi connectivity index (χ0v) is 22.5. The molecule has 0 spiro atoms. The summed E-state index contributed by atoms with van der Waals surface area (Å²) in [5, 5.41) is 9.68. The molecular weight excluding hydrogens is 460 g/mol. The Morgan fingerprint density at radius 2 is 1.81 bits per heavy atom. The Bertz CT molecular complexity index is 1250. The van der Waals surface area contributed by atoms with Crippen LogP contribution in [0.1, 0.15) is 69.2 Å². The van der Waals surface area contributed by atoms with E-state index in [4.69, 9.17) is 4.74 Å². The number of carbonyl (C=O) groups excluding carboxylic acids is 1. The molecule has 3 rings (SSSR count). The number of aromatic amines is 1. The van der Waals surface area contributed by atoms with Crippen LogP contribution in [0.2, 0.25) is 0 Å². The van der Waals surface area contributed by atoms with Crippen LogP contribution in [0.15, 0.2) is 47.0 Å². The molecule has 0 aliphatic carbocycles. The number of carbonyl (C=O) groups is 2. The van der Waals surface area contributed by atoms with Gasteiger partial charge in [0.25, 0.3) is 5.56 Å². The summed E-state index contributed by atoms with van der Waals surface area (Å²) in [7, 11) is 1.58. The second-order valence-electron chi connectivity index (χ2n) is 7.79. The summed E-state index contributed by atoms with van der Waals surface area (Å²) in [5.41, 5.74) is 2.04. The Morgan fingerprint density at radius 1 is 1.17 bits per heavy atom. The molecule has 0 saturated heterocycles. The lowest BCUT2D eigenvalue weighted by Gasteiger charge is -2.23. The molecule has 0 atom stereocenters. The molecule has 0 bridgehead atoms. The first-order valence-corrected chi connectivity index (χ1v) is 12.0. The molecule has 0 aliphatic heterocycles. The SMILES string of the molecule is CC.CCN(CC)c1c(C(=O)O)c2nc[nH]c(=O)c2n1CC=C(C)C.COc1cccc(C(C)=O)c1. The number of methoxy groups -OCH3 is 1. The number of nitrogens with one attached hydrogen (secondary N) is 1. The second kappa shape index (κ2) is 14.5. The number of aromatic nitrogens is 3. The van der Waals surface area contributed by atoms with Crippen molar-refractivity contribution in [1.82, 2.24) is 14.5 Å². The number of aromatic carboxylic acids is 1. The Labute approximate surface area is 212 Å². The molecule has 0 amide bonds. The first-order chi connectivity index (χ1) is 17.2. The third-order valence-corrected chi connectivity index (χ3v) is 5.25. The quantitative estimate of drug-likeness (QED) is 0.325. The van der Waals surface area contributed by atoms with Crippen molar-refractivity contribution in [3.8, 4) is 5.75 Å². The molecule has 3 aromatic rings. The normalized spacial score (nSPS) is 9.89. The molecule has 36 heavy (non-hydrogen) atoms. The fourth-order valence-electron chi connectivity index (χ4n) is 3.52. The largest absolute Gasteiger partial charge is 0.497 e. The molecule has 2 heterocycles. The molecule has 0 fully saturated rings. The van der Waals surface area contributed by atoms with E-state index in [-0.39, 0.29) is 22.4 Å². The summed E-state index contributed by atoms with van der Waals surface area (Å²) in [6.45, 7) is 15.1. The minimum atomic E-state index is -1.08. The van der Waals surface area contributed by atoms with Crippen molar-refractivity contribution in [2.45, 2.75) is 55.0 Å². The van der Waals surface area contributed by atoms with Crippen LogP contribution in [0, 0.1) is 0 Å². The van der Waals surface area contributed by atoms with Crippen molar-refractivity contribution in [1.29, 1.82) is 0 Å². The van der Waals surface area contributed by atoms with E-state index in [1.54, 1.807) is 29.9 Å². The number of hydrogen-bond donors (Lipinski definition) is 2. The third kappa shape index (κ3) is 7.31. The van der Waals surface area contributed by atoms with E-state index in [0.717, 1.165) is 11.3 Å². The maximum absolute atomic E-state index is 12.3. The van der Waals surface area contributed by atoms with Crippen molar-refractivity contribution >= 4 is 28.6 Å². The molecule has 1 aromatic carbocycles. The topological polar surface area (TPSA) is 118 Å². The summed E-state index contributed by atoms with van der Waals surface area (Å²) in [4.78, 5) is 43.6. The number of benzene rings is 1. The van der Waals surface area contributed by atoms with Crippen LogP contribution in [0.4, 0.5) is 5.82 Å². The number of carboxylic acid groups (broad SMARTS) is 1. The van der Waals surface area contributed by atoms with Crippen molar-refractivity contribution in [2.75, 3.05) is 25.1 Å². The Hall–Kier alpha value is -3.88. The molecule has 0 saturated carbocycles. The van der Waals surface area contributed by atoms with Crippen molar-refractivity contribution < 1.29 is 19.4 Å². The van der Waals surface area contributed by atoms with Gasteiger partial charge in [-0.25, -0.2) is 9.78 Å². The van der Waals surface area contributed by atoms with Crippen LogP contribution in [-0.2, 0) is 6.54 Å². The predicted molar refractivity (Wildman–Crippen MR) is 145 cm³/mol. The van der Waals surface area contributed by atoms with Gasteiger partial charge in [-0.1, -0.05) is 37.6 Å². The lowest BCUT2D eigenvalue weighted by atomic mass is 10.1. The van der Waals surface area contributed by atoms with Gasteiger partial charge in [0.1, 0.15) is 28.2 Å². The zero-order valence-electron chi connectivity index (χ0n) is 22.5. The van der Waals surface area contributed by atoms with Crippen molar-refractivity contribution in [3.05, 3.63) is 63.7 Å². The Kier molecular flexibility index (Phi) is 12.1. The number of Topliss-reactive ketones (excluding diaryl/α,β-unsaturated/α-hetero) is 1. The van der Waals surface area contributed by atoms with Gasteiger partial charge in [-0.2, -0.15) is 0 Å². The average Bonchev–Trinajstić information content (AvgIpc) is 3.20. The molecule has 2 aromatic heterocycles. The highest BCUT2D eigenvalue weighted by molar-refractivity contribution is 6.07. The number of rotatable bonds is 8. The number of nitrogens with zero attached hydrogens (tertiary/aromatic N) is 3. The Balaban J connectivity index is 0.000000417. The summed E-state index contributed by atoms with van der Waals surface area (Å²) >= 11 is 0. The van der Waals surface area contributed by atoms with Crippen molar-refractivity contribution in [2.24, 2.45) is 0 Å². The van der Waals surface area contributed by atoms with E-state index >= 15 is 0 Å². The van der Waals surface area contributed by atoms with Crippen LogP contribution in [0.5, 0.6) is 5.75 Å². The van der Waals surface area contributed by atoms with Crippen LogP contribution < -0.4 is 15.2 Å². The summed E-state index contributed by atoms with van der Waals surface area (Å²) < 4.78 is 6.69. The molecule has 2 N–H and O–H groups in total. The fourth-order valence-corrected chi connectivity index (χ4v) is 3.52. The van der Waals surface area contributed by atoms with Gasteiger partial charge < -0.3 is 24.3 Å². The van der Waals surface area contributed by atoms with Crippen molar-refractivity contribution in [3.63, 3.8) is 0 Å². The van der Waals surface area contributed by atoms with Crippen LogP contribution in [-0.4, -0.2) is 51.6 Å². The second-order valence-corrected chi connectivity index (χ2v) is 7.79. The van der Waals surface area contributed by atoms with E-state index in [0.29, 0.717) is 36.5 Å². The first kappa shape index (κ1) is 30.2. The van der Waals surface area contributed by atoms with Gasteiger partial charge in [-0.3, -0.25) is 9.59 Å². The minimum Gasteiger partial charge on any atom is -0.497 e. The highest BCUT2D eigenvalue weighted by atomic mass is 16.5. The highest BCUT2D eigenvalue weighted by Gasteiger charge is 2.27. The molecular formula is C27H38N4O5. The van der Waals surface area contributed by atoms with Gasteiger partial charge in [0.15, 0.2) is 5.78 Å². The van der Waals surface area contributed by atoms with Gasteiger partial charge in [-0.15, -0.1) is 0 Å². The number of hydrogen-bond acceptors (Lipinski definition) is 6. The van der Waals surface area contributed by atoms with E-state index in [1.807, 2.05) is 58.6 Å². The van der Waals surface area contributed by atoms with E-state index < -0.39 is 5.97 Å². The molecule has 0 unspecified atom stereocenters. The van der Waals surface area contributed by atoms with Crippen LogP contribution >= 0.6 is 0 Å². The van der Waals surface area contributed by atoms with Crippen LogP contribution in [0.25, 0.3) is 11.0 Å². The van der Waals surface area contributed by atoms with E-state index in [9.17, 15) is 19.5 Å². The number of carboxylic acids is 1. The van der Waals surface area contributed by atoms with E-state index in [2.05, 4.69) is 9.97 Å². The lowest BCUT2D eigenvalue weighted by molar-refractivity contribution is 0.0699. The van der Waals surface area contributed by atoms with E-state index in [1.165, 1.54) is 13.3 Å². The molecule has 0 aliphatic rings. The highest BCUT2D eigenvalue weighted by Crippen LogP contribution is 2.30. The minimum absolute atomic E-state index is 0.0592. The number of allylic oxidation sites excluding steroid dienone is 2. The summed E-state index contributed by atoms with van der Waals surface area (Å²) in [6, 6.07) is 7.11. The average molecular weight is 499 g/mol. The summed E-state index contributed by atoms with van der Waals surface area (Å²) in [6.07, 6.45) is 3.21. The number of anilines is 1. The number of ketones is 1. The molecule has 0 radical (unpaired) electrons. The Morgan fingerprint density at radius 3 is 2.31 bits per heavy atom. The molecule has 9 nitrogen and oxygen atoms in total. The monoisotopic (exact) mass is 498 g/mol. The zero-order chi connectivity index (χ0) is 27.4. The smallest absolute Gasteiger partial charge is 0.341 e. The molecule has 9 heteroatoms. The van der Waals surface area contributed by atoms with Crippen LogP contribution in [0.3, 0.4) is 0 Å². The number of H-pyrrole nitrogens is 1. The standard InChI is InChI=1S/C16H22N4O3.C9H10O2.C2H6/c1-5-19(6-2)15-11(16(22)23)12-13(14(21)18-9-17-12)20(15)8-7-10(3)4;1-7(10)8-4-3-5-9(6-8)11-2;1-2/h7,9H,5-6,8H2,1-4H3,(H,22,23)(H,17,18,21);3-6H,1-2H3;1-2H3. The predicted octanol–water partition coefficient (Wildman–Crippen LogP) is 5.16. The van der Waals surface area contributed by atoms with Gasteiger partial charge in [0, 0.05) is 25.2 Å². The van der Waals surface area contributed by atoms with Gasteiger partial charge in [0.2, 0.25) is 0 Å². The lowest BCUT2D eigenvalue weighted by Crippen LogP contribution is -2.27. The maximum Gasteiger partial charge on any atom is 0.341 e. The molecule has 196 valence electrons. The summed E-state index contributed by atoms with van der Waals surface area (Å²) in [5.74, 6) is 0.228. The van der Waals surface area contributed by atoms with Gasteiger partial charge in [0.05, 0.1) is 13.4 Å².